The molecule has 1 aliphatic rings. The van der Waals surface area contributed by atoms with Crippen LogP contribution < -0.4 is 5.32 Å². The maximum absolute atomic E-state index is 11.9. The molecule has 84 valence electrons. The summed E-state index contributed by atoms with van der Waals surface area (Å²) in [6.45, 7) is 1.11. The van der Waals surface area contributed by atoms with Crippen molar-refractivity contribution in [2.45, 2.75) is 0 Å². The average molecular weight is 261 g/mol. The van der Waals surface area contributed by atoms with Gasteiger partial charge in [-0.15, -0.1) is 15.4 Å². The van der Waals surface area contributed by atoms with E-state index in [4.69, 9.17) is 11.6 Å². The van der Waals surface area contributed by atoms with E-state index >= 15 is 0 Å². The van der Waals surface area contributed by atoms with E-state index in [0.29, 0.717) is 24.6 Å². The topological polar surface area (TPSA) is 75.6 Å². The molecule has 1 fully saturated rings. The Morgan fingerprint density at radius 2 is 1.93 bits per heavy atom. The zero-order valence-electron chi connectivity index (χ0n) is 7.61. The summed E-state index contributed by atoms with van der Waals surface area (Å²) in [5, 5.41) is 3.00. The van der Waals surface area contributed by atoms with E-state index in [1.165, 1.54) is 0 Å². The minimum absolute atomic E-state index is 0.0143. The molecule has 0 aromatic rings. The third kappa shape index (κ3) is 3.72. The van der Waals surface area contributed by atoms with Crippen molar-refractivity contribution in [3.05, 3.63) is 0 Å². The number of nitrogens with zero attached hydrogens (tertiary/aromatic N) is 1. The van der Waals surface area contributed by atoms with Gasteiger partial charge in [0.25, 0.3) is 10.0 Å². The highest BCUT2D eigenvalue weighted by Gasteiger charge is 2.18. The molecule has 1 aliphatic heterocycles. The van der Waals surface area contributed by atoms with Gasteiger partial charge in [0.1, 0.15) is 0 Å². The fourth-order valence-corrected chi connectivity index (χ4v) is 5.57. The summed E-state index contributed by atoms with van der Waals surface area (Å²) >= 11 is 5.30. The molecule has 5 nitrogen and oxygen atoms in total. The van der Waals surface area contributed by atoms with Crippen LogP contribution in [0.1, 0.15) is 0 Å². The van der Waals surface area contributed by atoms with Crippen LogP contribution in [0.25, 0.3) is 0 Å². The first kappa shape index (κ1) is 12.2. The Bertz CT molecular complexity index is 385. The molecule has 0 amide bonds. The maximum atomic E-state index is 11.9. The summed E-state index contributed by atoms with van der Waals surface area (Å²) in [5.74, 6) is 0.349. The van der Waals surface area contributed by atoms with Crippen LogP contribution >= 0.6 is 11.6 Å². The Morgan fingerprint density at radius 3 is 2.43 bits per heavy atom. The summed E-state index contributed by atoms with van der Waals surface area (Å²) in [6, 6.07) is 0. The first-order valence-corrected chi connectivity index (χ1v) is 8.20. The molecule has 0 aliphatic carbocycles. The molecule has 1 rings (SSSR count). The predicted octanol–water partition coefficient (Wildman–Crippen LogP) is -0.374. The monoisotopic (exact) mass is 260 g/mol. The summed E-state index contributed by atoms with van der Waals surface area (Å²) in [4.78, 5) is 0. The van der Waals surface area contributed by atoms with E-state index in [9.17, 15) is 12.6 Å². The molecule has 0 aromatic carbocycles. The number of alkyl halides is 1. The van der Waals surface area contributed by atoms with Crippen LogP contribution in [0.5, 0.6) is 0 Å². The number of sulfonamides is 1. The van der Waals surface area contributed by atoms with Gasteiger partial charge in [-0.1, -0.05) is 0 Å². The Morgan fingerprint density at radius 1 is 1.36 bits per heavy atom. The molecule has 1 N–H and O–H groups in total. The molecule has 0 saturated carbocycles. The SMILES string of the molecule is O=S(=O)(CCCl)N=S1(=O)CCNCC1. The molecule has 0 unspecified atom stereocenters. The van der Waals surface area contributed by atoms with Gasteiger partial charge in [0.15, 0.2) is 0 Å². The van der Waals surface area contributed by atoms with Gasteiger partial charge in [0.05, 0.1) is 15.5 Å². The first-order chi connectivity index (χ1) is 6.47. The van der Waals surface area contributed by atoms with E-state index in [2.05, 4.69) is 9.08 Å². The highest BCUT2D eigenvalue weighted by Crippen LogP contribution is 2.05. The highest BCUT2D eigenvalue weighted by atomic mass is 35.5. The molecule has 0 bridgehead atoms. The fourth-order valence-electron chi connectivity index (χ4n) is 1.11. The molecule has 0 atom stereocenters. The summed E-state index contributed by atoms with van der Waals surface area (Å²) < 4.78 is 37.8. The van der Waals surface area contributed by atoms with Crippen molar-refractivity contribution >= 4 is 31.4 Å². The third-order valence-corrected chi connectivity index (χ3v) is 6.59. The normalized spacial score (nSPS) is 21.8. The Kier molecular flexibility index (Phi) is 4.17. The number of rotatable bonds is 3. The lowest BCUT2D eigenvalue weighted by atomic mass is 10.6. The van der Waals surface area contributed by atoms with E-state index in [1.54, 1.807) is 0 Å². The highest BCUT2D eigenvalue weighted by molar-refractivity contribution is 8.03. The molecule has 0 spiro atoms. The van der Waals surface area contributed by atoms with Crippen molar-refractivity contribution < 1.29 is 12.6 Å². The van der Waals surface area contributed by atoms with Crippen molar-refractivity contribution in [1.82, 2.24) is 5.32 Å². The van der Waals surface area contributed by atoms with Gasteiger partial charge in [-0.2, -0.15) is 0 Å². The lowest BCUT2D eigenvalue weighted by Gasteiger charge is -2.16. The number of hydrogen-bond donors (Lipinski definition) is 1. The van der Waals surface area contributed by atoms with Gasteiger partial charge < -0.3 is 5.32 Å². The zero-order chi connectivity index (χ0) is 10.7. The van der Waals surface area contributed by atoms with Gasteiger partial charge in [-0.25, -0.2) is 12.6 Å². The zero-order valence-corrected chi connectivity index (χ0v) is 10.00. The minimum Gasteiger partial charge on any atom is -0.315 e. The maximum Gasteiger partial charge on any atom is 0.262 e. The van der Waals surface area contributed by atoms with Gasteiger partial charge in [-0.05, 0) is 0 Å². The molecular formula is C6H13ClN2O3S2. The van der Waals surface area contributed by atoms with Gasteiger partial charge in [0, 0.05) is 30.5 Å². The van der Waals surface area contributed by atoms with Crippen LogP contribution in [-0.2, 0) is 19.8 Å². The molecule has 1 saturated heterocycles. The molecule has 1 heterocycles. The molecule has 8 heteroatoms. The van der Waals surface area contributed by atoms with Crippen molar-refractivity contribution in [3.63, 3.8) is 0 Å². The number of halogens is 1. The van der Waals surface area contributed by atoms with Crippen molar-refractivity contribution in [3.8, 4) is 0 Å². The molecule has 0 radical (unpaired) electrons. The van der Waals surface area contributed by atoms with E-state index in [1.807, 2.05) is 0 Å². The third-order valence-electron chi connectivity index (χ3n) is 1.78. The Labute approximate surface area is 89.5 Å². The van der Waals surface area contributed by atoms with Crippen LogP contribution in [-0.4, -0.2) is 48.9 Å². The van der Waals surface area contributed by atoms with Crippen molar-refractivity contribution in [1.29, 1.82) is 0 Å². The van der Waals surface area contributed by atoms with Crippen LogP contribution in [0.3, 0.4) is 0 Å². The molecular weight excluding hydrogens is 248 g/mol. The summed E-state index contributed by atoms with van der Waals surface area (Å²) in [6.07, 6.45) is 0. The van der Waals surface area contributed by atoms with E-state index in [0.717, 1.165) is 0 Å². The van der Waals surface area contributed by atoms with E-state index < -0.39 is 19.8 Å². The second-order valence-electron chi connectivity index (χ2n) is 2.98. The van der Waals surface area contributed by atoms with Crippen LogP contribution in [0.4, 0.5) is 0 Å². The van der Waals surface area contributed by atoms with Gasteiger partial charge >= 0.3 is 0 Å². The lowest BCUT2D eigenvalue weighted by Crippen LogP contribution is -2.36. The second kappa shape index (κ2) is 4.78. The van der Waals surface area contributed by atoms with Crippen LogP contribution in [0.15, 0.2) is 3.77 Å². The largest absolute Gasteiger partial charge is 0.315 e. The fraction of sp³-hybridized carbons (Fsp3) is 1.00. The number of hydrogen-bond acceptors (Lipinski definition) is 4. The van der Waals surface area contributed by atoms with Crippen molar-refractivity contribution in [2.24, 2.45) is 3.77 Å². The van der Waals surface area contributed by atoms with Crippen LogP contribution in [0.2, 0.25) is 0 Å². The molecule has 14 heavy (non-hydrogen) atoms. The predicted molar refractivity (Wildman–Crippen MR) is 57.7 cm³/mol. The number of nitrogens with one attached hydrogen (secondary N) is 1. The van der Waals surface area contributed by atoms with Gasteiger partial charge in [0.2, 0.25) is 0 Å². The summed E-state index contributed by atoms with van der Waals surface area (Å²) in [7, 11) is -6.15. The van der Waals surface area contributed by atoms with Crippen molar-refractivity contribution in [2.75, 3.05) is 36.2 Å². The summed E-state index contributed by atoms with van der Waals surface area (Å²) in [5.41, 5.74) is 0. The average Bonchev–Trinajstić information content (AvgIpc) is 2.02. The standard InChI is InChI=1S/C6H13ClN2O3S2/c7-1-4-14(11,12)9-13(10)5-2-8-3-6-13/h8H,1-6H2. The first-order valence-electron chi connectivity index (χ1n) is 4.21. The van der Waals surface area contributed by atoms with Crippen LogP contribution in [0, 0.1) is 0 Å². The van der Waals surface area contributed by atoms with Gasteiger partial charge in [-0.3, -0.25) is 0 Å². The van der Waals surface area contributed by atoms with E-state index in [-0.39, 0.29) is 11.6 Å². The smallest absolute Gasteiger partial charge is 0.262 e. The quantitative estimate of drug-likeness (QED) is 0.703. The second-order valence-corrected chi connectivity index (χ2v) is 7.89. The Hall–Kier alpha value is 0.150. The minimum atomic E-state index is -3.60. The molecule has 0 aromatic heterocycles. The Balaban J connectivity index is 2.90. The lowest BCUT2D eigenvalue weighted by molar-refractivity contribution is 0.598.